The lowest BCUT2D eigenvalue weighted by Gasteiger charge is -2.29. The van der Waals surface area contributed by atoms with E-state index in [2.05, 4.69) is 31.3 Å². The maximum atomic E-state index is 12.9. The van der Waals surface area contributed by atoms with Crippen LogP contribution in [-0.4, -0.2) is 68.5 Å². The Morgan fingerprint density at radius 1 is 0.618 bits per heavy atom. The number of aliphatic hydroxyl groups excluding tert-OH is 1. The number of phosphoric ester groups is 1. The Labute approximate surface area is 341 Å². The third-order valence-electron chi connectivity index (χ3n) is 10.4. The highest BCUT2D eigenvalue weighted by atomic mass is 31.2. The van der Waals surface area contributed by atoms with Gasteiger partial charge in [0.2, 0.25) is 5.91 Å². The van der Waals surface area contributed by atoms with Crippen LogP contribution in [0.4, 0.5) is 0 Å². The summed E-state index contributed by atoms with van der Waals surface area (Å²) in [4.78, 5) is 25.3. The van der Waals surface area contributed by atoms with Crippen LogP contribution in [0.5, 0.6) is 0 Å². The molecular formula is C46H91N2O6P. The Morgan fingerprint density at radius 2 is 1.00 bits per heavy atom. The minimum atomic E-state index is -4.59. The zero-order valence-electron chi connectivity index (χ0n) is 36.9. The number of likely N-dealkylation sites (N-methyl/N-ethyl adjacent to an activating group) is 1. The van der Waals surface area contributed by atoms with Crippen LogP contribution in [0.15, 0.2) is 24.3 Å². The third kappa shape index (κ3) is 41.0. The first-order valence-electron chi connectivity index (χ1n) is 23.2. The molecule has 0 aromatic rings. The van der Waals surface area contributed by atoms with Gasteiger partial charge in [-0.2, -0.15) is 0 Å². The fraction of sp³-hybridized carbons (Fsp3) is 0.891. The van der Waals surface area contributed by atoms with E-state index in [0.717, 1.165) is 51.4 Å². The fourth-order valence-electron chi connectivity index (χ4n) is 6.68. The summed E-state index contributed by atoms with van der Waals surface area (Å²) in [6.07, 6.45) is 45.1. The zero-order valence-corrected chi connectivity index (χ0v) is 37.8. The number of unbranched alkanes of at least 4 members (excludes halogenated alkanes) is 27. The van der Waals surface area contributed by atoms with Gasteiger partial charge in [-0.05, 0) is 44.9 Å². The number of carbonyl (C=O) groups is 1. The topological polar surface area (TPSA) is 108 Å². The number of quaternary nitrogens is 1. The quantitative estimate of drug-likeness (QED) is 0.0276. The smallest absolute Gasteiger partial charge is 0.268 e. The van der Waals surface area contributed by atoms with Gasteiger partial charge in [0.05, 0.1) is 39.9 Å². The first kappa shape index (κ1) is 54.0. The number of amides is 1. The number of allylic oxidation sites excluding steroid dienone is 3. The molecule has 0 aromatic heterocycles. The van der Waals surface area contributed by atoms with Crippen molar-refractivity contribution in [3.8, 4) is 0 Å². The van der Waals surface area contributed by atoms with Gasteiger partial charge in [-0.15, -0.1) is 0 Å². The average molecular weight is 799 g/mol. The number of rotatable bonds is 42. The van der Waals surface area contributed by atoms with E-state index >= 15 is 0 Å². The number of nitrogens with one attached hydrogen (secondary N) is 1. The summed E-state index contributed by atoms with van der Waals surface area (Å²) in [6.45, 7) is 4.64. The standard InChI is InChI=1S/C46H91N2O6P/c1-6-8-10-12-14-16-18-20-21-22-23-24-25-26-28-30-32-34-36-38-40-46(50)47-44(43-54-55(51,52)53-42-41-48(3,4)5)45(49)39-37-35-33-31-29-27-19-17-15-13-11-9-7-2/h25-26,37,39,44-45,49H,6-24,27-36,38,40-43H2,1-5H3,(H-,47,50,51,52)/b26-25-,39-37+/t44-,45+/m0/s1. The summed E-state index contributed by atoms with van der Waals surface area (Å²) in [5, 5.41) is 13.8. The largest absolute Gasteiger partial charge is 0.756 e. The Morgan fingerprint density at radius 3 is 1.42 bits per heavy atom. The average Bonchev–Trinajstić information content (AvgIpc) is 3.13. The van der Waals surface area contributed by atoms with E-state index in [1.165, 1.54) is 141 Å². The molecular weight excluding hydrogens is 707 g/mol. The van der Waals surface area contributed by atoms with Gasteiger partial charge in [0.25, 0.3) is 7.82 Å². The Balaban J connectivity index is 4.35. The van der Waals surface area contributed by atoms with E-state index in [-0.39, 0.29) is 19.1 Å². The molecule has 0 rings (SSSR count). The van der Waals surface area contributed by atoms with Crippen LogP contribution in [0, 0.1) is 0 Å². The second-order valence-corrected chi connectivity index (χ2v) is 18.5. The van der Waals surface area contributed by atoms with Gasteiger partial charge in [-0.1, -0.05) is 186 Å². The number of phosphoric acid groups is 1. The van der Waals surface area contributed by atoms with Crippen LogP contribution in [0.25, 0.3) is 0 Å². The number of nitrogens with zero attached hydrogens (tertiary/aromatic N) is 1. The molecule has 0 saturated heterocycles. The molecule has 0 saturated carbocycles. The summed E-state index contributed by atoms with van der Waals surface area (Å²) in [7, 11) is 1.26. The van der Waals surface area contributed by atoms with Crippen LogP contribution in [0.2, 0.25) is 0 Å². The molecule has 0 heterocycles. The van der Waals surface area contributed by atoms with E-state index in [1.807, 2.05) is 27.2 Å². The lowest BCUT2D eigenvalue weighted by atomic mass is 10.0. The van der Waals surface area contributed by atoms with Crippen molar-refractivity contribution in [1.29, 1.82) is 0 Å². The summed E-state index contributed by atoms with van der Waals surface area (Å²) in [5.41, 5.74) is 0. The molecule has 3 atom stereocenters. The third-order valence-corrected chi connectivity index (χ3v) is 11.4. The number of hydrogen-bond donors (Lipinski definition) is 2. The molecule has 0 spiro atoms. The zero-order chi connectivity index (χ0) is 40.7. The van der Waals surface area contributed by atoms with Gasteiger partial charge in [0.15, 0.2) is 0 Å². The van der Waals surface area contributed by atoms with E-state index in [4.69, 9.17) is 9.05 Å². The second-order valence-electron chi connectivity index (χ2n) is 17.1. The van der Waals surface area contributed by atoms with Crippen molar-refractivity contribution in [1.82, 2.24) is 5.32 Å². The summed E-state index contributed by atoms with van der Waals surface area (Å²) in [6, 6.07) is -0.887. The maximum absolute atomic E-state index is 12.9. The van der Waals surface area contributed by atoms with Gasteiger partial charge in [-0.3, -0.25) is 9.36 Å². The summed E-state index contributed by atoms with van der Waals surface area (Å²) >= 11 is 0. The fourth-order valence-corrected chi connectivity index (χ4v) is 7.40. The van der Waals surface area contributed by atoms with Crippen molar-refractivity contribution in [2.45, 2.75) is 225 Å². The van der Waals surface area contributed by atoms with E-state index in [9.17, 15) is 19.4 Å². The molecule has 1 amide bonds. The van der Waals surface area contributed by atoms with Crippen molar-refractivity contribution in [3.63, 3.8) is 0 Å². The number of hydrogen-bond acceptors (Lipinski definition) is 6. The summed E-state index contributed by atoms with van der Waals surface area (Å²) < 4.78 is 23.2. The minimum absolute atomic E-state index is 0.00154. The molecule has 9 heteroatoms. The van der Waals surface area contributed by atoms with Gasteiger partial charge >= 0.3 is 0 Å². The van der Waals surface area contributed by atoms with Gasteiger partial charge in [-0.25, -0.2) is 0 Å². The highest BCUT2D eigenvalue weighted by Crippen LogP contribution is 2.38. The molecule has 2 N–H and O–H groups in total. The Bertz CT molecular complexity index is 953. The molecule has 0 bridgehead atoms. The lowest BCUT2D eigenvalue weighted by molar-refractivity contribution is -0.870. The monoisotopic (exact) mass is 799 g/mol. The first-order chi connectivity index (χ1) is 26.5. The SMILES string of the molecule is CCCCCCCCCCCCC/C=C\CCCCCCCC(=O)N[C@@H](COP(=O)([O-])OCC[N+](C)(C)C)[C@H](O)/C=C/CCCCCCCCCCCCC. The molecule has 0 radical (unpaired) electrons. The van der Waals surface area contributed by atoms with Crippen molar-refractivity contribution in [2.75, 3.05) is 40.9 Å². The highest BCUT2D eigenvalue weighted by Gasteiger charge is 2.23. The van der Waals surface area contributed by atoms with Crippen LogP contribution < -0.4 is 10.2 Å². The van der Waals surface area contributed by atoms with Crippen LogP contribution in [0.3, 0.4) is 0 Å². The second kappa shape index (κ2) is 38.5. The highest BCUT2D eigenvalue weighted by molar-refractivity contribution is 7.45. The van der Waals surface area contributed by atoms with Crippen molar-refractivity contribution in [3.05, 3.63) is 24.3 Å². The minimum Gasteiger partial charge on any atom is -0.756 e. The van der Waals surface area contributed by atoms with Gasteiger partial charge in [0, 0.05) is 6.42 Å². The molecule has 0 aliphatic heterocycles. The van der Waals surface area contributed by atoms with Crippen LogP contribution >= 0.6 is 7.82 Å². The van der Waals surface area contributed by atoms with E-state index in [1.54, 1.807) is 6.08 Å². The van der Waals surface area contributed by atoms with Crippen LogP contribution in [-0.2, 0) is 18.4 Å². The van der Waals surface area contributed by atoms with Gasteiger partial charge in [0.1, 0.15) is 13.2 Å². The summed E-state index contributed by atoms with van der Waals surface area (Å²) in [5.74, 6) is -0.205. The van der Waals surface area contributed by atoms with Crippen molar-refractivity contribution < 1.29 is 32.9 Å². The molecule has 326 valence electrons. The Kier molecular flexibility index (Phi) is 37.8. The van der Waals surface area contributed by atoms with Crippen LogP contribution in [0.1, 0.15) is 213 Å². The molecule has 8 nitrogen and oxygen atoms in total. The van der Waals surface area contributed by atoms with E-state index < -0.39 is 20.0 Å². The lowest BCUT2D eigenvalue weighted by Crippen LogP contribution is -2.45. The predicted molar refractivity (Wildman–Crippen MR) is 233 cm³/mol. The molecule has 55 heavy (non-hydrogen) atoms. The molecule has 0 aliphatic rings. The van der Waals surface area contributed by atoms with Gasteiger partial charge < -0.3 is 28.8 Å². The van der Waals surface area contributed by atoms with Crippen molar-refractivity contribution in [2.24, 2.45) is 0 Å². The Hall–Kier alpha value is -1.02. The normalized spacial score (nSPS) is 14.5. The molecule has 0 aliphatic carbocycles. The van der Waals surface area contributed by atoms with Crippen molar-refractivity contribution >= 4 is 13.7 Å². The maximum Gasteiger partial charge on any atom is 0.268 e. The first-order valence-corrected chi connectivity index (χ1v) is 24.7. The molecule has 0 fully saturated rings. The predicted octanol–water partition coefficient (Wildman–Crippen LogP) is 12.3. The number of aliphatic hydroxyl groups is 1. The molecule has 0 aromatic carbocycles. The molecule has 1 unspecified atom stereocenters. The van der Waals surface area contributed by atoms with E-state index in [0.29, 0.717) is 17.4 Å². The number of carbonyl (C=O) groups excluding carboxylic acids is 1.